The normalized spacial score (nSPS) is 12.5. The molecule has 0 aliphatic heterocycles. The molecular weight excluding hydrogens is 142 g/mol. The summed E-state index contributed by atoms with van der Waals surface area (Å²) in [5.74, 6) is -0.966. The largest absolute Gasteiger partial charge is 0.478 e. The molecule has 0 heterocycles. The number of nitrogens with zero attached hydrogens (tertiary/aromatic N) is 1. The van der Waals surface area contributed by atoms with Crippen LogP contribution in [0.3, 0.4) is 0 Å². The van der Waals surface area contributed by atoms with E-state index in [-0.39, 0.29) is 5.57 Å². The SMILES string of the molecule is CC(C#N)=CC=C(C)C(=O)O. The van der Waals surface area contributed by atoms with Gasteiger partial charge in [0.1, 0.15) is 0 Å². The third-order valence-corrected chi connectivity index (χ3v) is 1.10. The molecule has 0 spiro atoms. The van der Waals surface area contributed by atoms with Gasteiger partial charge in [-0.1, -0.05) is 6.08 Å². The zero-order valence-electron chi connectivity index (χ0n) is 6.46. The summed E-state index contributed by atoms with van der Waals surface area (Å²) in [4.78, 5) is 10.2. The summed E-state index contributed by atoms with van der Waals surface area (Å²) < 4.78 is 0. The number of hydrogen-bond donors (Lipinski definition) is 1. The minimum atomic E-state index is -0.966. The van der Waals surface area contributed by atoms with Crippen molar-refractivity contribution < 1.29 is 9.90 Å². The first kappa shape index (κ1) is 9.44. The van der Waals surface area contributed by atoms with Gasteiger partial charge < -0.3 is 5.11 Å². The average Bonchev–Trinajstić information content (AvgIpc) is 1.99. The first-order valence-corrected chi connectivity index (χ1v) is 3.06. The lowest BCUT2D eigenvalue weighted by molar-refractivity contribution is -0.132. The Bertz CT molecular complexity index is 256. The molecule has 0 aromatic carbocycles. The van der Waals surface area contributed by atoms with Gasteiger partial charge in [0.2, 0.25) is 0 Å². The number of carboxylic acids is 1. The third kappa shape index (κ3) is 3.93. The topological polar surface area (TPSA) is 61.1 Å². The molecule has 0 saturated heterocycles. The van der Waals surface area contributed by atoms with Crippen LogP contribution in [0.15, 0.2) is 23.3 Å². The zero-order chi connectivity index (χ0) is 8.85. The Hall–Kier alpha value is -1.56. The van der Waals surface area contributed by atoms with Crippen LogP contribution in [0.5, 0.6) is 0 Å². The molecule has 0 aliphatic carbocycles. The van der Waals surface area contributed by atoms with Gasteiger partial charge in [0, 0.05) is 11.1 Å². The van der Waals surface area contributed by atoms with Crippen LogP contribution in [-0.2, 0) is 4.79 Å². The van der Waals surface area contributed by atoms with Gasteiger partial charge in [-0.25, -0.2) is 4.79 Å². The molecule has 58 valence electrons. The van der Waals surface area contributed by atoms with Crippen LogP contribution in [0, 0.1) is 11.3 Å². The summed E-state index contributed by atoms with van der Waals surface area (Å²) in [5, 5.41) is 16.7. The molecule has 0 aliphatic rings. The van der Waals surface area contributed by atoms with Crippen molar-refractivity contribution in [3.05, 3.63) is 23.3 Å². The fourth-order valence-corrected chi connectivity index (χ4v) is 0.359. The molecule has 0 aromatic heterocycles. The molecule has 0 amide bonds. The Labute approximate surface area is 65.3 Å². The lowest BCUT2D eigenvalue weighted by Crippen LogP contribution is -1.94. The van der Waals surface area contributed by atoms with Crippen LogP contribution in [0.4, 0.5) is 0 Å². The minimum Gasteiger partial charge on any atom is -0.478 e. The monoisotopic (exact) mass is 151 g/mol. The number of carbonyl (C=O) groups is 1. The minimum absolute atomic E-state index is 0.222. The van der Waals surface area contributed by atoms with Crippen molar-refractivity contribution in [1.82, 2.24) is 0 Å². The molecule has 0 fully saturated rings. The third-order valence-electron chi connectivity index (χ3n) is 1.10. The fraction of sp³-hybridized carbons (Fsp3) is 0.250. The van der Waals surface area contributed by atoms with E-state index in [0.717, 1.165) is 0 Å². The van der Waals surface area contributed by atoms with E-state index in [1.807, 2.05) is 6.07 Å². The molecule has 3 nitrogen and oxygen atoms in total. The Balaban J connectivity index is 4.38. The summed E-state index contributed by atoms with van der Waals surface area (Å²) >= 11 is 0. The molecule has 0 aromatic rings. The molecule has 3 heteroatoms. The number of allylic oxidation sites excluding steroid dienone is 3. The van der Waals surface area contributed by atoms with Crippen molar-refractivity contribution in [2.75, 3.05) is 0 Å². The van der Waals surface area contributed by atoms with E-state index in [2.05, 4.69) is 0 Å². The number of hydrogen-bond acceptors (Lipinski definition) is 2. The van der Waals surface area contributed by atoms with Gasteiger partial charge in [0.25, 0.3) is 0 Å². The Kier molecular flexibility index (Phi) is 3.68. The second-order valence-electron chi connectivity index (χ2n) is 2.12. The molecule has 0 rings (SSSR count). The van der Waals surface area contributed by atoms with Gasteiger partial charge in [0.15, 0.2) is 0 Å². The van der Waals surface area contributed by atoms with Crippen molar-refractivity contribution >= 4 is 5.97 Å². The van der Waals surface area contributed by atoms with Crippen molar-refractivity contribution in [2.24, 2.45) is 0 Å². The van der Waals surface area contributed by atoms with Gasteiger partial charge in [-0.05, 0) is 19.9 Å². The van der Waals surface area contributed by atoms with E-state index in [1.165, 1.54) is 19.1 Å². The van der Waals surface area contributed by atoms with Gasteiger partial charge in [-0.3, -0.25) is 0 Å². The number of nitriles is 1. The quantitative estimate of drug-likeness (QED) is 0.369. The zero-order valence-corrected chi connectivity index (χ0v) is 6.46. The lowest BCUT2D eigenvalue weighted by atomic mass is 10.2. The van der Waals surface area contributed by atoms with Gasteiger partial charge in [0.05, 0.1) is 6.07 Å². The van der Waals surface area contributed by atoms with E-state index in [4.69, 9.17) is 10.4 Å². The highest BCUT2D eigenvalue weighted by Crippen LogP contribution is 1.95. The molecule has 0 radical (unpaired) electrons. The number of aliphatic carboxylic acids is 1. The van der Waals surface area contributed by atoms with Crippen molar-refractivity contribution in [2.45, 2.75) is 13.8 Å². The molecule has 11 heavy (non-hydrogen) atoms. The van der Waals surface area contributed by atoms with Crippen LogP contribution in [-0.4, -0.2) is 11.1 Å². The first-order valence-electron chi connectivity index (χ1n) is 3.06. The standard InChI is InChI=1S/C8H9NO2/c1-6(5-9)3-4-7(2)8(10)11/h3-4H,1-2H3,(H,10,11). The smallest absolute Gasteiger partial charge is 0.331 e. The second kappa shape index (κ2) is 4.29. The van der Waals surface area contributed by atoms with E-state index < -0.39 is 5.97 Å². The van der Waals surface area contributed by atoms with E-state index in [1.54, 1.807) is 6.92 Å². The Morgan fingerprint density at radius 1 is 1.45 bits per heavy atom. The highest BCUT2D eigenvalue weighted by Gasteiger charge is 1.95. The molecule has 0 atom stereocenters. The van der Waals surface area contributed by atoms with E-state index in [0.29, 0.717) is 5.57 Å². The van der Waals surface area contributed by atoms with Crippen LogP contribution >= 0.6 is 0 Å². The summed E-state index contributed by atoms with van der Waals surface area (Å²) in [6.45, 7) is 3.09. The van der Waals surface area contributed by atoms with E-state index >= 15 is 0 Å². The predicted molar refractivity (Wildman–Crippen MR) is 40.8 cm³/mol. The highest BCUT2D eigenvalue weighted by molar-refractivity contribution is 5.86. The van der Waals surface area contributed by atoms with Crippen molar-refractivity contribution in [3.8, 4) is 6.07 Å². The Morgan fingerprint density at radius 2 is 2.00 bits per heavy atom. The number of carboxylic acid groups (broad SMARTS) is 1. The maximum Gasteiger partial charge on any atom is 0.331 e. The first-order chi connectivity index (χ1) is 5.07. The Morgan fingerprint density at radius 3 is 2.36 bits per heavy atom. The maximum atomic E-state index is 10.2. The van der Waals surface area contributed by atoms with Crippen LogP contribution in [0.2, 0.25) is 0 Å². The predicted octanol–water partition coefficient (Wildman–Crippen LogP) is 1.49. The molecule has 0 unspecified atom stereocenters. The van der Waals surface area contributed by atoms with Crippen molar-refractivity contribution in [1.29, 1.82) is 5.26 Å². The summed E-state index contributed by atoms with van der Waals surface area (Å²) in [5.41, 5.74) is 0.713. The van der Waals surface area contributed by atoms with Gasteiger partial charge in [-0.2, -0.15) is 5.26 Å². The summed E-state index contributed by atoms with van der Waals surface area (Å²) in [6.07, 6.45) is 2.88. The molecule has 0 saturated carbocycles. The van der Waals surface area contributed by atoms with Crippen LogP contribution in [0.1, 0.15) is 13.8 Å². The van der Waals surface area contributed by atoms with Gasteiger partial charge >= 0.3 is 5.97 Å². The lowest BCUT2D eigenvalue weighted by Gasteiger charge is -1.87. The average molecular weight is 151 g/mol. The van der Waals surface area contributed by atoms with Gasteiger partial charge in [-0.15, -0.1) is 0 Å². The van der Waals surface area contributed by atoms with Crippen LogP contribution < -0.4 is 0 Å². The maximum absolute atomic E-state index is 10.2. The molecule has 1 N–H and O–H groups in total. The highest BCUT2D eigenvalue weighted by atomic mass is 16.4. The van der Waals surface area contributed by atoms with Crippen LogP contribution in [0.25, 0.3) is 0 Å². The summed E-state index contributed by atoms with van der Waals surface area (Å²) in [7, 11) is 0. The summed E-state index contributed by atoms with van der Waals surface area (Å²) in [6, 6.07) is 1.88. The molecular formula is C8H9NO2. The van der Waals surface area contributed by atoms with Crippen molar-refractivity contribution in [3.63, 3.8) is 0 Å². The number of rotatable bonds is 2. The fourth-order valence-electron chi connectivity index (χ4n) is 0.359. The second-order valence-corrected chi connectivity index (χ2v) is 2.12. The molecule has 0 bridgehead atoms. The van der Waals surface area contributed by atoms with E-state index in [9.17, 15) is 4.79 Å².